The van der Waals surface area contributed by atoms with Crippen LogP contribution in [0.2, 0.25) is 0 Å². The number of aryl methyl sites for hydroxylation is 4. The summed E-state index contributed by atoms with van der Waals surface area (Å²) in [6.07, 6.45) is 4.54. The van der Waals surface area contributed by atoms with Crippen LogP contribution >= 0.6 is 0 Å². The Kier molecular flexibility index (Phi) is 4.39. The third-order valence-corrected chi connectivity index (χ3v) is 6.27. The average Bonchev–Trinajstić information content (AvgIpc) is 3.17. The average molecular weight is 389 g/mol. The van der Waals surface area contributed by atoms with Crippen LogP contribution in [0.15, 0.2) is 30.5 Å². The van der Waals surface area contributed by atoms with Gasteiger partial charge in [0.15, 0.2) is 5.65 Å². The molecule has 1 aliphatic heterocycles. The van der Waals surface area contributed by atoms with E-state index >= 15 is 0 Å². The van der Waals surface area contributed by atoms with Crippen molar-refractivity contribution < 1.29 is 0 Å². The second-order valence-corrected chi connectivity index (χ2v) is 8.47. The van der Waals surface area contributed by atoms with Crippen LogP contribution in [-0.2, 0) is 13.6 Å². The highest BCUT2D eigenvalue weighted by molar-refractivity contribution is 5.78. The molecule has 5 heterocycles. The number of imidazole rings is 1. The number of piperidine rings is 1. The van der Waals surface area contributed by atoms with E-state index in [1.54, 1.807) is 0 Å². The summed E-state index contributed by atoms with van der Waals surface area (Å²) in [7, 11) is 1.98. The van der Waals surface area contributed by atoms with E-state index in [0.717, 1.165) is 47.7 Å². The zero-order valence-electron chi connectivity index (χ0n) is 17.7. The van der Waals surface area contributed by atoms with Crippen molar-refractivity contribution in [3.63, 3.8) is 0 Å². The van der Waals surface area contributed by atoms with Crippen molar-refractivity contribution >= 4 is 16.7 Å². The first kappa shape index (κ1) is 18.3. The smallest absolute Gasteiger partial charge is 0.158 e. The zero-order valence-corrected chi connectivity index (χ0v) is 17.7. The number of rotatable bonds is 3. The Morgan fingerprint density at radius 3 is 2.79 bits per heavy atom. The van der Waals surface area contributed by atoms with Crippen LogP contribution in [0.1, 0.15) is 47.1 Å². The molecular formula is C23H28N6. The highest BCUT2D eigenvalue weighted by atomic mass is 15.3. The molecule has 150 valence electrons. The van der Waals surface area contributed by atoms with Gasteiger partial charge in [-0.15, -0.1) is 0 Å². The van der Waals surface area contributed by atoms with Crippen LogP contribution in [-0.4, -0.2) is 42.1 Å². The number of pyridine rings is 2. The van der Waals surface area contributed by atoms with Crippen LogP contribution in [0.25, 0.3) is 16.7 Å². The molecule has 0 radical (unpaired) electrons. The minimum absolute atomic E-state index is 0.463. The molecule has 1 saturated heterocycles. The maximum Gasteiger partial charge on any atom is 0.158 e. The van der Waals surface area contributed by atoms with Crippen molar-refractivity contribution in [1.29, 1.82) is 0 Å². The summed E-state index contributed by atoms with van der Waals surface area (Å²) in [4.78, 5) is 12.3. The fourth-order valence-electron chi connectivity index (χ4n) is 4.70. The van der Waals surface area contributed by atoms with Crippen LogP contribution in [0.3, 0.4) is 0 Å². The van der Waals surface area contributed by atoms with E-state index in [9.17, 15) is 0 Å². The lowest BCUT2D eigenvalue weighted by atomic mass is 9.94. The Morgan fingerprint density at radius 2 is 1.93 bits per heavy atom. The second kappa shape index (κ2) is 6.95. The van der Waals surface area contributed by atoms with Crippen molar-refractivity contribution in [3.05, 3.63) is 58.8 Å². The molecular weight excluding hydrogens is 360 g/mol. The molecule has 29 heavy (non-hydrogen) atoms. The minimum Gasteiger partial charge on any atom is -0.302 e. The van der Waals surface area contributed by atoms with Gasteiger partial charge in [0.1, 0.15) is 5.65 Å². The van der Waals surface area contributed by atoms with Gasteiger partial charge in [0.25, 0.3) is 0 Å². The molecule has 0 aliphatic carbocycles. The number of nitrogens with zero attached hydrogens (tertiary/aromatic N) is 6. The van der Waals surface area contributed by atoms with Gasteiger partial charge < -0.3 is 4.40 Å². The van der Waals surface area contributed by atoms with E-state index in [1.165, 1.54) is 29.8 Å². The number of aromatic nitrogens is 5. The maximum absolute atomic E-state index is 4.98. The topological polar surface area (TPSA) is 51.2 Å². The summed E-state index contributed by atoms with van der Waals surface area (Å²) in [6, 6.07) is 8.71. The van der Waals surface area contributed by atoms with Crippen molar-refractivity contribution in [1.82, 2.24) is 29.0 Å². The van der Waals surface area contributed by atoms with E-state index < -0.39 is 0 Å². The molecule has 0 N–H and O–H groups in total. The SMILES string of the molecule is Cc1ccn2c(CN3CCC[C@H](c4ccc5c(C)nn(C)c5n4)C3)c(C)nc2c1. The van der Waals surface area contributed by atoms with Crippen molar-refractivity contribution in [2.24, 2.45) is 7.05 Å². The van der Waals surface area contributed by atoms with Crippen molar-refractivity contribution in [2.75, 3.05) is 13.1 Å². The number of hydrogen-bond donors (Lipinski definition) is 0. The standard InChI is InChI=1S/C23H28N6/c1-15-9-11-29-21(17(3)24-22(29)12-15)14-28-10-5-6-18(13-28)20-8-7-19-16(2)26-27(4)23(19)25-20/h7-9,11-12,18H,5-6,10,13-14H2,1-4H3/t18-/m0/s1. The Balaban J connectivity index is 1.40. The Labute approximate surface area is 171 Å². The predicted octanol–water partition coefficient (Wildman–Crippen LogP) is 3.92. The quantitative estimate of drug-likeness (QED) is 0.534. The summed E-state index contributed by atoms with van der Waals surface area (Å²) < 4.78 is 4.15. The summed E-state index contributed by atoms with van der Waals surface area (Å²) in [6.45, 7) is 9.38. The monoisotopic (exact) mass is 388 g/mol. The molecule has 0 spiro atoms. The fourth-order valence-corrected chi connectivity index (χ4v) is 4.70. The molecule has 1 aliphatic rings. The first-order chi connectivity index (χ1) is 14.0. The van der Waals surface area contributed by atoms with Gasteiger partial charge in [-0.3, -0.25) is 9.58 Å². The van der Waals surface area contributed by atoms with Crippen molar-refractivity contribution in [3.8, 4) is 0 Å². The van der Waals surface area contributed by atoms with Crippen LogP contribution in [0.5, 0.6) is 0 Å². The van der Waals surface area contributed by atoms with Crippen LogP contribution in [0.4, 0.5) is 0 Å². The Hall–Kier alpha value is -2.73. The van der Waals surface area contributed by atoms with E-state index in [0.29, 0.717) is 5.92 Å². The van der Waals surface area contributed by atoms with Gasteiger partial charge in [-0.25, -0.2) is 9.97 Å². The normalized spacial score (nSPS) is 18.1. The lowest BCUT2D eigenvalue weighted by molar-refractivity contribution is 0.196. The number of likely N-dealkylation sites (tertiary alicyclic amines) is 1. The van der Waals surface area contributed by atoms with Gasteiger partial charge in [0.05, 0.1) is 17.1 Å². The number of fused-ring (bicyclic) bond motifs is 2. The maximum atomic E-state index is 4.98. The Morgan fingerprint density at radius 1 is 1.07 bits per heavy atom. The van der Waals surface area contributed by atoms with Gasteiger partial charge in [-0.1, -0.05) is 0 Å². The van der Waals surface area contributed by atoms with Gasteiger partial charge in [-0.05, 0) is 70.0 Å². The van der Waals surface area contributed by atoms with Crippen LogP contribution < -0.4 is 0 Å². The first-order valence-electron chi connectivity index (χ1n) is 10.5. The molecule has 0 unspecified atom stereocenters. The molecule has 0 amide bonds. The highest BCUT2D eigenvalue weighted by Gasteiger charge is 2.24. The minimum atomic E-state index is 0.463. The largest absolute Gasteiger partial charge is 0.302 e. The molecule has 4 aromatic heterocycles. The summed E-state index contributed by atoms with van der Waals surface area (Å²) in [5.41, 5.74) is 7.95. The van der Waals surface area contributed by atoms with Gasteiger partial charge in [0, 0.05) is 43.3 Å². The third kappa shape index (κ3) is 3.21. The molecule has 0 bridgehead atoms. The van der Waals surface area contributed by atoms with Crippen LogP contribution in [0, 0.1) is 20.8 Å². The molecule has 6 heteroatoms. The highest BCUT2D eigenvalue weighted by Crippen LogP contribution is 2.29. The summed E-state index contributed by atoms with van der Waals surface area (Å²) in [5, 5.41) is 5.67. The van der Waals surface area contributed by atoms with Crippen molar-refractivity contribution in [2.45, 2.75) is 46.1 Å². The summed E-state index contributed by atoms with van der Waals surface area (Å²) >= 11 is 0. The third-order valence-electron chi connectivity index (χ3n) is 6.27. The van der Waals surface area contributed by atoms with E-state index in [-0.39, 0.29) is 0 Å². The molecule has 1 atom stereocenters. The fraction of sp³-hybridized carbons (Fsp3) is 0.435. The zero-order chi connectivity index (χ0) is 20.1. The molecule has 6 nitrogen and oxygen atoms in total. The second-order valence-electron chi connectivity index (χ2n) is 8.47. The first-order valence-corrected chi connectivity index (χ1v) is 10.5. The molecule has 1 fully saturated rings. The molecule has 0 aromatic carbocycles. The number of hydrogen-bond acceptors (Lipinski definition) is 4. The van der Waals surface area contributed by atoms with E-state index in [1.807, 2.05) is 18.7 Å². The lowest BCUT2D eigenvalue weighted by Gasteiger charge is -2.32. The van der Waals surface area contributed by atoms with Gasteiger partial charge in [-0.2, -0.15) is 5.10 Å². The van der Waals surface area contributed by atoms with E-state index in [4.69, 9.17) is 9.97 Å². The summed E-state index contributed by atoms with van der Waals surface area (Å²) in [5.74, 6) is 0.463. The van der Waals surface area contributed by atoms with E-state index in [2.05, 4.69) is 58.7 Å². The Bertz CT molecular complexity index is 1200. The van der Waals surface area contributed by atoms with Gasteiger partial charge >= 0.3 is 0 Å². The lowest BCUT2D eigenvalue weighted by Crippen LogP contribution is -2.34. The predicted molar refractivity (Wildman–Crippen MR) is 115 cm³/mol. The molecule has 4 aromatic rings. The molecule has 5 rings (SSSR count). The molecule has 0 saturated carbocycles. The van der Waals surface area contributed by atoms with Gasteiger partial charge in [0.2, 0.25) is 0 Å².